The minimum absolute atomic E-state index is 0.239. The largest absolute Gasteiger partial charge is 0.398 e. The third-order valence-corrected chi connectivity index (χ3v) is 5.58. The lowest BCUT2D eigenvalue weighted by atomic mass is 10.2. The number of hydrogen-bond donors (Lipinski definition) is 1. The van der Waals surface area contributed by atoms with Crippen molar-refractivity contribution in [1.82, 2.24) is 4.31 Å². The zero-order valence-electron chi connectivity index (χ0n) is 12.0. The first-order valence-corrected chi connectivity index (χ1v) is 8.71. The predicted molar refractivity (Wildman–Crippen MR) is 84.2 cm³/mol. The highest BCUT2D eigenvalue weighted by Gasteiger charge is 2.25. The van der Waals surface area contributed by atoms with E-state index in [1.807, 2.05) is 6.92 Å². The van der Waals surface area contributed by atoms with Crippen molar-refractivity contribution < 1.29 is 13.2 Å². The van der Waals surface area contributed by atoms with Crippen LogP contribution in [0.3, 0.4) is 0 Å². The van der Waals surface area contributed by atoms with Crippen LogP contribution in [-0.4, -0.2) is 39.0 Å². The summed E-state index contributed by atoms with van der Waals surface area (Å²) in [5, 5.41) is 0. The molecule has 0 aliphatic rings. The van der Waals surface area contributed by atoms with E-state index in [0.717, 1.165) is 0 Å². The van der Waals surface area contributed by atoms with Gasteiger partial charge < -0.3 is 10.5 Å². The van der Waals surface area contributed by atoms with Crippen LogP contribution < -0.4 is 5.73 Å². The SMILES string of the molecule is CCOCCN(CC)S(=O)(=O)c1cc(Br)cc(N)c1C. The molecular weight excluding hydrogens is 344 g/mol. The molecule has 1 aromatic carbocycles. The van der Waals surface area contributed by atoms with Crippen LogP contribution in [0.1, 0.15) is 19.4 Å². The smallest absolute Gasteiger partial charge is 0.243 e. The average molecular weight is 365 g/mol. The van der Waals surface area contributed by atoms with Gasteiger partial charge in [-0.15, -0.1) is 0 Å². The summed E-state index contributed by atoms with van der Waals surface area (Å²) in [6.45, 7) is 7.07. The second-order valence-electron chi connectivity index (χ2n) is 4.31. The Kier molecular flexibility index (Phi) is 6.44. The third kappa shape index (κ3) is 3.94. The number of nitrogens with zero attached hydrogens (tertiary/aromatic N) is 1. The molecule has 2 N–H and O–H groups in total. The van der Waals surface area contributed by atoms with Crippen LogP contribution in [0.25, 0.3) is 0 Å². The van der Waals surface area contributed by atoms with Crippen LogP contribution in [0.4, 0.5) is 5.69 Å². The standard InChI is InChI=1S/C13H21BrN2O3S/c1-4-16(6-7-19-5-2)20(17,18)13-9-11(14)8-12(15)10(13)3/h8-9H,4-7,15H2,1-3H3. The van der Waals surface area contributed by atoms with Gasteiger partial charge >= 0.3 is 0 Å². The van der Waals surface area contributed by atoms with Crippen molar-refractivity contribution in [3.63, 3.8) is 0 Å². The molecule has 0 spiro atoms. The Hall–Kier alpha value is -0.630. The lowest BCUT2D eigenvalue weighted by Crippen LogP contribution is -2.34. The van der Waals surface area contributed by atoms with Gasteiger partial charge in [0.15, 0.2) is 0 Å². The summed E-state index contributed by atoms with van der Waals surface area (Å²) in [5.74, 6) is 0. The first-order chi connectivity index (χ1) is 9.34. The maximum Gasteiger partial charge on any atom is 0.243 e. The zero-order valence-corrected chi connectivity index (χ0v) is 14.4. The number of halogens is 1. The van der Waals surface area contributed by atoms with Gasteiger partial charge in [-0.05, 0) is 31.5 Å². The lowest BCUT2D eigenvalue weighted by molar-refractivity contribution is 0.135. The topological polar surface area (TPSA) is 72.6 Å². The fourth-order valence-electron chi connectivity index (χ4n) is 1.84. The maximum atomic E-state index is 12.7. The Morgan fingerprint density at radius 1 is 1.35 bits per heavy atom. The van der Waals surface area contributed by atoms with Crippen LogP contribution >= 0.6 is 15.9 Å². The summed E-state index contributed by atoms with van der Waals surface area (Å²) < 4.78 is 32.6. The molecule has 0 amide bonds. The Labute approximate surface area is 129 Å². The van der Waals surface area contributed by atoms with E-state index in [0.29, 0.717) is 42.0 Å². The molecular formula is C13H21BrN2O3S. The summed E-state index contributed by atoms with van der Waals surface area (Å²) in [6.07, 6.45) is 0. The van der Waals surface area contributed by atoms with E-state index in [1.54, 1.807) is 26.0 Å². The van der Waals surface area contributed by atoms with Crippen molar-refractivity contribution in [2.24, 2.45) is 0 Å². The number of nitrogen functional groups attached to an aromatic ring is 1. The van der Waals surface area contributed by atoms with Crippen LogP contribution in [0.5, 0.6) is 0 Å². The van der Waals surface area contributed by atoms with E-state index >= 15 is 0 Å². The van der Waals surface area contributed by atoms with Crippen molar-refractivity contribution in [2.45, 2.75) is 25.7 Å². The van der Waals surface area contributed by atoms with Crippen LogP contribution in [0.2, 0.25) is 0 Å². The quantitative estimate of drug-likeness (QED) is 0.595. The van der Waals surface area contributed by atoms with Crippen molar-refractivity contribution in [3.05, 3.63) is 22.2 Å². The molecule has 0 aliphatic carbocycles. The van der Waals surface area contributed by atoms with Crippen molar-refractivity contribution in [2.75, 3.05) is 32.0 Å². The van der Waals surface area contributed by atoms with E-state index in [2.05, 4.69) is 15.9 Å². The molecule has 1 aromatic rings. The highest BCUT2D eigenvalue weighted by molar-refractivity contribution is 9.10. The molecule has 0 aliphatic heterocycles. The summed E-state index contributed by atoms with van der Waals surface area (Å²) in [5.41, 5.74) is 6.87. The first-order valence-electron chi connectivity index (χ1n) is 6.48. The van der Waals surface area contributed by atoms with Gasteiger partial charge in [0.1, 0.15) is 0 Å². The van der Waals surface area contributed by atoms with E-state index < -0.39 is 10.0 Å². The number of ether oxygens (including phenoxy) is 1. The summed E-state index contributed by atoms with van der Waals surface area (Å²) in [4.78, 5) is 0.239. The highest BCUT2D eigenvalue weighted by atomic mass is 79.9. The van der Waals surface area contributed by atoms with Gasteiger partial charge in [-0.1, -0.05) is 22.9 Å². The number of likely N-dealkylation sites (N-methyl/N-ethyl adjacent to an activating group) is 1. The maximum absolute atomic E-state index is 12.7. The van der Waals surface area contributed by atoms with Crippen molar-refractivity contribution in [3.8, 4) is 0 Å². The molecule has 114 valence electrons. The molecule has 5 nitrogen and oxygen atoms in total. The monoisotopic (exact) mass is 364 g/mol. The molecule has 0 atom stereocenters. The predicted octanol–water partition coefficient (Wildman–Crippen LogP) is 2.39. The van der Waals surface area contributed by atoms with Gasteiger partial charge in [-0.3, -0.25) is 0 Å². The second-order valence-corrected chi connectivity index (χ2v) is 7.13. The lowest BCUT2D eigenvalue weighted by Gasteiger charge is -2.22. The van der Waals surface area contributed by atoms with E-state index in [-0.39, 0.29) is 4.90 Å². The molecule has 0 aromatic heterocycles. The second kappa shape index (κ2) is 7.40. The Morgan fingerprint density at radius 3 is 2.55 bits per heavy atom. The number of sulfonamides is 1. The number of nitrogens with two attached hydrogens (primary N) is 1. The van der Waals surface area contributed by atoms with E-state index in [4.69, 9.17) is 10.5 Å². The van der Waals surface area contributed by atoms with Crippen molar-refractivity contribution >= 4 is 31.6 Å². The molecule has 20 heavy (non-hydrogen) atoms. The average Bonchev–Trinajstić information content (AvgIpc) is 2.38. The summed E-state index contributed by atoms with van der Waals surface area (Å²) >= 11 is 3.29. The highest BCUT2D eigenvalue weighted by Crippen LogP contribution is 2.28. The molecule has 7 heteroatoms. The molecule has 0 bridgehead atoms. The van der Waals surface area contributed by atoms with Gasteiger partial charge in [0.2, 0.25) is 10.0 Å². The molecule has 0 radical (unpaired) electrons. The molecule has 0 saturated carbocycles. The number of hydrogen-bond acceptors (Lipinski definition) is 4. The van der Waals surface area contributed by atoms with E-state index in [9.17, 15) is 8.42 Å². The van der Waals surface area contributed by atoms with E-state index in [1.165, 1.54) is 4.31 Å². The molecule has 0 unspecified atom stereocenters. The zero-order chi connectivity index (χ0) is 15.3. The van der Waals surface area contributed by atoms with Gasteiger partial charge in [0, 0.05) is 29.9 Å². The van der Waals surface area contributed by atoms with Crippen LogP contribution in [0, 0.1) is 6.92 Å². The summed E-state index contributed by atoms with van der Waals surface area (Å²) in [6, 6.07) is 3.29. The van der Waals surface area contributed by atoms with Crippen LogP contribution in [-0.2, 0) is 14.8 Å². The Morgan fingerprint density at radius 2 is 2.00 bits per heavy atom. The normalized spacial score (nSPS) is 12.1. The first kappa shape index (κ1) is 17.4. The van der Waals surface area contributed by atoms with Crippen LogP contribution in [0.15, 0.2) is 21.5 Å². The number of benzene rings is 1. The number of rotatable bonds is 7. The summed E-state index contributed by atoms with van der Waals surface area (Å²) in [7, 11) is -3.56. The Balaban J connectivity index is 3.14. The fraction of sp³-hybridized carbons (Fsp3) is 0.538. The van der Waals surface area contributed by atoms with Gasteiger partial charge in [-0.25, -0.2) is 8.42 Å². The Bertz CT molecular complexity index is 561. The number of anilines is 1. The minimum atomic E-state index is -3.56. The van der Waals surface area contributed by atoms with Gasteiger partial charge in [0.25, 0.3) is 0 Å². The fourth-order valence-corrected chi connectivity index (χ4v) is 4.18. The molecule has 0 fully saturated rings. The third-order valence-electron chi connectivity index (χ3n) is 3.02. The molecule has 0 heterocycles. The van der Waals surface area contributed by atoms with Gasteiger partial charge in [0.05, 0.1) is 11.5 Å². The van der Waals surface area contributed by atoms with Crippen molar-refractivity contribution in [1.29, 1.82) is 0 Å². The minimum Gasteiger partial charge on any atom is -0.398 e. The molecule has 0 saturated heterocycles. The van der Waals surface area contributed by atoms with Gasteiger partial charge in [-0.2, -0.15) is 4.31 Å². The molecule has 1 rings (SSSR count).